The molecular weight excluding hydrogens is 326 g/mol. The molecule has 0 atom stereocenters. The number of nitrogens with one attached hydrogen (secondary N) is 2. The smallest absolute Gasteiger partial charge is 0.255 e. The average molecular weight is 342 g/mol. The first-order chi connectivity index (χ1) is 11.6. The fraction of sp³-hybridized carbons (Fsp3) is 0.111. The molecule has 0 fully saturated rings. The normalized spacial score (nSPS) is 10.5. The molecule has 1 aromatic heterocycles. The van der Waals surface area contributed by atoms with Gasteiger partial charge >= 0.3 is 0 Å². The van der Waals surface area contributed by atoms with Crippen LogP contribution in [0.25, 0.3) is 11.3 Å². The Bertz CT molecular complexity index is 903. The third kappa shape index (κ3) is 3.41. The highest BCUT2D eigenvalue weighted by atomic mass is 35.5. The van der Waals surface area contributed by atoms with Gasteiger partial charge in [-0.05, 0) is 55.5 Å². The Hall–Kier alpha value is -2.79. The van der Waals surface area contributed by atoms with Gasteiger partial charge in [0, 0.05) is 21.8 Å². The summed E-state index contributed by atoms with van der Waals surface area (Å²) >= 11 is 5.88. The Kier molecular flexibility index (Phi) is 4.53. The number of aromatic amines is 1. The molecule has 0 spiro atoms. The van der Waals surface area contributed by atoms with E-state index in [9.17, 15) is 4.79 Å². The van der Waals surface area contributed by atoms with Crippen molar-refractivity contribution in [3.63, 3.8) is 0 Å². The van der Waals surface area contributed by atoms with Crippen molar-refractivity contribution in [2.24, 2.45) is 0 Å². The second-order valence-electron chi connectivity index (χ2n) is 5.25. The maximum atomic E-state index is 12.2. The van der Waals surface area contributed by atoms with Crippen LogP contribution in [0.5, 0.6) is 5.75 Å². The number of hydrogen-bond acceptors (Lipinski definition) is 4. The number of nitrogens with zero attached hydrogens (tertiary/aromatic N) is 1. The number of benzene rings is 2. The summed E-state index contributed by atoms with van der Waals surface area (Å²) in [6.07, 6.45) is 0. The van der Waals surface area contributed by atoms with Crippen molar-refractivity contribution in [3.8, 4) is 17.0 Å². The van der Waals surface area contributed by atoms with Crippen LogP contribution in [0.3, 0.4) is 0 Å². The van der Waals surface area contributed by atoms with Gasteiger partial charge < -0.3 is 10.1 Å². The van der Waals surface area contributed by atoms with Crippen molar-refractivity contribution < 1.29 is 4.74 Å². The van der Waals surface area contributed by atoms with Crippen LogP contribution in [0.2, 0.25) is 5.02 Å². The topological polar surface area (TPSA) is 67.0 Å². The van der Waals surface area contributed by atoms with Crippen LogP contribution in [-0.2, 0) is 0 Å². The molecular formula is C18H16ClN3O2. The molecule has 1 heterocycles. The first-order valence-corrected chi connectivity index (χ1v) is 7.72. The van der Waals surface area contributed by atoms with E-state index in [1.54, 1.807) is 26.2 Å². The molecule has 6 heteroatoms. The standard InChI is InChI=1S/C18H16ClN3O2/c1-11-16(12-3-9-15(24-2)10-4-12)21-18(22-17(11)23)20-14-7-5-13(19)6-8-14/h3-10H,1-2H3,(H2,20,21,22,23). The monoisotopic (exact) mass is 341 g/mol. The summed E-state index contributed by atoms with van der Waals surface area (Å²) in [7, 11) is 1.61. The zero-order chi connectivity index (χ0) is 17.1. The van der Waals surface area contributed by atoms with E-state index < -0.39 is 0 Å². The zero-order valence-electron chi connectivity index (χ0n) is 13.3. The van der Waals surface area contributed by atoms with Crippen LogP contribution < -0.4 is 15.6 Å². The summed E-state index contributed by atoms with van der Waals surface area (Å²) in [6.45, 7) is 1.75. The summed E-state index contributed by atoms with van der Waals surface area (Å²) in [5.41, 5.74) is 2.62. The molecule has 2 aromatic carbocycles. The molecule has 0 bridgehead atoms. The molecule has 0 aliphatic heterocycles. The summed E-state index contributed by atoms with van der Waals surface area (Å²) in [5.74, 6) is 1.12. The summed E-state index contributed by atoms with van der Waals surface area (Å²) in [4.78, 5) is 19.5. The highest BCUT2D eigenvalue weighted by Gasteiger charge is 2.10. The molecule has 5 nitrogen and oxygen atoms in total. The van der Waals surface area contributed by atoms with E-state index in [4.69, 9.17) is 16.3 Å². The lowest BCUT2D eigenvalue weighted by Gasteiger charge is -2.10. The second-order valence-corrected chi connectivity index (χ2v) is 5.68. The van der Waals surface area contributed by atoms with E-state index in [0.717, 1.165) is 17.0 Å². The number of H-pyrrole nitrogens is 1. The molecule has 0 radical (unpaired) electrons. The van der Waals surface area contributed by atoms with Crippen LogP contribution in [0.4, 0.5) is 11.6 Å². The van der Waals surface area contributed by atoms with E-state index in [1.165, 1.54) is 0 Å². The number of rotatable bonds is 4. The predicted molar refractivity (Wildman–Crippen MR) is 96.3 cm³/mol. The number of ether oxygens (including phenoxy) is 1. The van der Waals surface area contributed by atoms with Gasteiger partial charge in [0.2, 0.25) is 5.95 Å². The number of anilines is 2. The molecule has 0 saturated heterocycles. The van der Waals surface area contributed by atoms with Gasteiger partial charge in [-0.2, -0.15) is 0 Å². The van der Waals surface area contributed by atoms with Crippen LogP contribution in [0.15, 0.2) is 53.3 Å². The number of halogens is 1. The Labute approximate surface area is 144 Å². The minimum Gasteiger partial charge on any atom is -0.497 e. The Morgan fingerprint density at radius 1 is 1.08 bits per heavy atom. The molecule has 3 aromatic rings. The molecule has 3 rings (SSSR count). The number of hydrogen-bond donors (Lipinski definition) is 2. The molecule has 0 aliphatic carbocycles. The van der Waals surface area contributed by atoms with Crippen molar-refractivity contribution in [2.75, 3.05) is 12.4 Å². The fourth-order valence-electron chi connectivity index (χ4n) is 2.29. The maximum Gasteiger partial charge on any atom is 0.255 e. The van der Waals surface area contributed by atoms with Crippen molar-refractivity contribution in [3.05, 3.63) is 69.5 Å². The van der Waals surface area contributed by atoms with E-state index >= 15 is 0 Å². The van der Waals surface area contributed by atoms with Gasteiger partial charge in [0.1, 0.15) is 5.75 Å². The van der Waals surface area contributed by atoms with E-state index in [1.807, 2.05) is 36.4 Å². The fourth-order valence-corrected chi connectivity index (χ4v) is 2.42. The lowest BCUT2D eigenvalue weighted by atomic mass is 10.1. The average Bonchev–Trinajstić information content (AvgIpc) is 2.60. The largest absolute Gasteiger partial charge is 0.497 e. The Morgan fingerprint density at radius 2 is 1.75 bits per heavy atom. The quantitative estimate of drug-likeness (QED) is 0.748. The zero-order valence-corrected chi connectivity index (χ0v) is 14.0. The first-order valence-electron chi connectivity index (χ1n) is 7.35. The van der Waals surface area contributed by atoms with Gasteiger partial charge in [-0.1, -0.05) is 11.6 Å². The Morgan fingerprint density at radius 3 is 2.38 bits per heavy atom. The highest BCUT2D eigenvalue weighted by molar-refractivity contribution is 6.30. The summed E-state index contributed by atoms with van der Waals surface area (Å²) in [5, 5.41) is 3.73. The van der Waals surface area contributed by atoms with Gasteiger partial charge in [-0.25, -0.2) is 4.98 Å². The molecule has 2 N–H and O–H groups in total. The third-order valence-electron chi connectivity index (χ3n) is 3.62. The minimum atomic E-state index is -0.188. The van der Waals surface area contributed by atoms with Gasteiger partial charge in [0.15, 0.2) is 0 Å². The van der Waals surface area contributed by atoms with Crippen molar-refractivity contribution in [2.45, 2.75) is 6.92 Å². The summed E-state index contributed by atoms with van der Waals surface area (Å²) in [6, 6.07) is 14.6. The highest BCUT2D eigenvalue weighted by Crippen LogP contribution is 2.24. The van der Waals surface area contributed by atoms with Crippen molar-refractivity contribution >= 4 is 23.2 Å². The van der Waals surface area contributed by atoms with E-state index in [2.05, 4.69) is 15.3 Å². The third-order valence-corrected chi connectivity index (χ3v) is 3.87. The molecule has 122 valence electrons. The lowest BCUT2D eigenvalue weighted by Crippen LogP contribution is -2.15. The van der Waals surface area contributed by atoms with Gasteiger partial charge in [-0.3, -0.25) is 9.78 Å². The van der Waals surface area contributed by atoms with E-state index in [0.29, 0.717) is 22.2 Å². The SMILES string of the molecule is COc1ccc(-c2nc(Nc3ccc(Cl)cc3)[nH]c(=O)c2C)cc1. The predicted octanol–water partition coefficient (Wildman–Crippen LogP) is 4.15. The van der Waals surface area contributed by atoms with Crippen LogP contribution in [-0.4, -0.2) is 17.1 Å². The molecule has 0 amide bonds. The van der Waals surface area contributed by atoms with Crippen molar-refractivity contribution in [1.29, 1.82) is 0 Å². The molecule has 24 heavy (non-hydrogen) atoms. The van der Waals surface area contributed by atoms with Gasteiger partial charge in [-0.15, -0.1) is 0 Å². The van der Waals surface area contributed by atoms with Crippen LogP contribution in [0, 0.1) is 6.92 Å². The van der Waals surface area contributed by atoms with Crippen molar-refractivity contribution in [1.82, 2.24) is 9.97 Å². The second kappa shape index (κ2) is 6.76. The number of methoxy groups -OCH3 is 1. The van der Waals surface area contributed by atoms with E-state index in [-0.39, 0.29) is 5.56 Å². The molecule has 0 unspecified atom stereocenters. The Balaban J connectivity index is 1.98. The maximum absolute atomic E-state index is 12.2. The first kappa shape index (κ1) is 16.1. The molecule has 0 saturated carbocycles. The van der Waals surface area contributed by atoms with Crippen LogP contribution >= 0.6 is 11.6 Å². The number of aromatic nitrogens is 2. The molecule has 0 aliphatic rings. The van der Waals surface area contributed by atoms with Gasteiger partial charge in [0.25, 0.3) is 5.56 Å². The van der Waals surface area contributed by atoms with Gasteiger partial charge in [0.05, 0.1) is 12.8 Å². The minimum absolute atomic E-state index is 0.188. The lowest BCUT2D eigenvalue weighted by molar-refractivity contribution is 0.415. The van der Waals surface area contributed by atoms with Crippen LogP contribution in [0.1, 0.15) is 5.56 Å². The summed E-state index contributed by atoms with van der Waals surface area (Å²) < 4.78 is 5.16.